The Balaban J connectivity index is 0.791. The number of benzene rings is 11. The summed E-state index contributed by atoms with van der Waals surface area (Å²) in [6.07, 6.45) is 0. The van der Waals surface area contributed by atoms with Gasteiger partial charge in [0.2, 0.25) is 0 Å². The van der Waals surface area contributed by atoms with E-state index in [-0.39, 0.29) is 0 Å². The molecule has 0 aliphatic heterocycles. The van der Waals surface area contributed by atoms with Crippen LogP contribution in [0.5, 0.6) is 0 Å². The molecule has 15 rings (SSSR count). The molecule has 0 N–H and O–H groups in total. The van der Waals surface area contributed by atoms with E-state index in [1.54, 1.807) is 0 Å². The van der Waals surface area contributed by atoms with E-state index in [0.29, 0.717) is 0 Å². The van der Waals surface area contributed by atoms with Gasteiger partial charge in [0.25, 0.3) is 0 Å². The summed E-state index contributed by atoms with van der Waals surface area (Å²) in [7, 11) is 0. The van der Waals surface area contributed by atoms with E-state index in [9.17, 15) is 0 Å². The molecule has 5 heteroatoms. The molecule has 11 aromatic carbocycles. The fourth-order valence-corrected chi connectivity index (χ4v) is 12.2. The van der Waals surface area contributed by atoms with Crippen molar-refractivity contribution in [2.24, 2.45) is 0 Å². The monoisotopic (exact) mass is 1010 g/mol. The molecule has 0 fully saturated rings. The lowest BCUT2D eigenvalue weighted by atomic mass is 9.98. The Bertz CT molecular complexity index is 4740. The highest BCUT2D eigenvalue weighted by molar-refractivity contribution is 6.14. The Morgan fingerprint density at radius 2 is 0.582 bits per heavy atom. The van der Waals surface area contributed by atoms with Crippen molar-refractivity contribution in [1.29, 1.82) is 0 Å². The standard InChI is InChI=1S/C74H53N5/c1-46-11-9-13-55(39-46)67-45-66(75-74(76-67)56-14-10-12-47(2)40-56)54-27-25-52(26-28-54)50-21-23-51(24-22-50)53-29-31-57(32-30-53)77-72-37-33-58(78-68-17-7-5-15-60(68)61-16-6-8-18-69(61)78)43-64(72)65-44-59(34-38-73(65)77)79-70-35-19-48(3)41-62(70)63-42-49(4)20-36-71(63)79/h5-45H,1-4H3. The molecule has 374 valence electrons. The van der Waals surface area contributed by atoms with Crippen molar-refractivity contribution in [3.8, 4) is 73.2 Å². The predicted molar refractivity (Wildman–Crippen MR) is 331 cm³/mol. The Labute approximate surface area is 458 Å². The minimum Gasteiger partial charge on any atom is -0.309 e. The third kappa shape index (κ3) is 7.84. The summed E-state index contributed by atoms with van der Waals surface area (Å²) in [5.41, 5.74) is 25.0. The average molecular weight is 1010 g/mol. The summed E-state index contributed by atoms with van der Waals surface area (Å²) in [4.78, 5) is 10.2. The molecule has 79 heavy (non-hydrogen) atoms. The van der Waals surface area contributed by atoms with Gasteiger partial charge in [0.1, 0.15) is 0 Å². The highest BCUT2D eigenvalue weighted by Crippen LogP contribution is 2.41. The largest absolute Gasteiger partial charge is 0.309 e. The molecule has 0 aliphatic rings. The zero-order valence-corrected chi connectivity index (χ0v) is 44.4. The van der Waals surface area contributed by atoms with Gasteiger partial charge in [-0.2, -0.15) is 0 Å². The van der Waals surface area contributed by atoms with Crippen LogP contribution in [0.4, 0.5) is 0 Å². The average Bonchev–Trinajstić information content (AvgIpc) is 4.34. The van der Waals surface area contributed by atoms with Crippen LogP contribution in [0.3, 0.4) is 0 Å². The van der Waals surface area contributed by atoms with Crippen molar-refractivity contribution >= 4 is 65.4 Å². The quantitative estimate of drug-likeness (QED) is 0.152. The maximum atomic E-state index is 5.11. The molecular formula is C74H53N5. The fraction of sp³-hybridized carbons (Fsp3) is 0.0541. The highest BCUT2D eigenvalue weighted by atomic mass is 15.0. The molecule has 0 amide bonds. The van der Waals surface area contributed by atoms with E-state index in [0.717, 1.165) is 78.7 Å². The summed E-state index contributed by atoms with van der Waals surface area (Å²) in [5.74, 6) is 0.723. The molecule has 0 aliphatic carbocycles. The Hall–Kier alpha value is -10.1. The molecule has 0 bridgehead atoms. The SMILES string of the molecule is Cc1cccc(-c2cc(-c3ccc(-c4ccc(-c5ccc(-n6c7ccc(-n8c9ccccc9c9ccccc98)cc7c7cc(-n8c9ccc(C)cc9c9cc(C)ccc98)ccc76)cc5)cc4)cc3)nc(-c3cccc(C)c3)n2)c1. The minimum absolute atomic E-state index is 0.723. The van der Waals surface area contributed by atoms with Crippen molar-refractivity contribution in [3.63, 3.8) is 0 Å². The van der Waals surface area contributed by atoms with Crippen LogP contribution in [0.1, 0.15) is 22.3 Å². The fourth-order valence-electron chi connectivity index (χ4n) is 12.2. The second kappa shape index (κ2) is 18.3. The molecule has 0 saturated carbocycles. The number of rotatable bonds is 8. The Morgan fingerprint density at radius 3 is 1.08 bits per heavy atom. The predicted octanol–water partition coefficient (Wildman–Crippen LogP) is 19.3. The van der Waals surface area contributed by atoms with Crippen LogP contribution in [-0.2, 0) is 0 Å². The van der Waals surface area contributed by atoms with Gasteiger partial charge in [-0.15, -0.1) is 0 Å². The van der Waals surface area contributed by atoms with Gasteiger partial charge in [-0.3, -0.25) is 0 Å². The number of hydrogen-bond donors (Lipinski definition) is 0. The molecule has 0 saturated heterocycles. The van der Waals surface area contributed by atoms with E-state index >= 15 is 0 Å². The van der Waals surface area contributed by atoms with Crippen LogP contribution in [-0.4, -0.2) is 23.7 Å². The van der Waals surface area contributed by atoms with Gasteiger partial charge in [0, 0.05) is 66.1 Å². The van der Waals surface area contributed by atoms with Gasteiger partial charge < -0.3 is 13.7 Å². The summed E-state index contributed by atoms with van der Waals surface area (Å²) < 4.78 is 7.31. The Morgan fingerprint density at radius 1 is 0.228 bits per heavy atom. The third-order valence-corrected chi connectivity index (χ3v) is 16.1. The van der Waals surface area contributed by atoms with Crippen molar-refractivity contribution in [3.05, 3.63) is 271 Å². The van der Waals surface area contributed by atoms with Gasteiger partial charge in [-0.25, -0.2) is 9.97 Å². The van der Waals surface area contributed by atoms with Crippen LogP contribution in [0.25, 0.3) is 139 Å². The molecule has 0 atom stereocenters. The second-order valence-electron chi connectivity index (χ2n) is 21.4. The molecule has 0 spiro atoms. The normalized spacial score (nSPS) is 11.8. The van der Waals surface area contributed by atoms with E-state index in [1.807, 2.05) is 0 Å². The van der Waals surface area contributed by atoms with Gasteiger partial charge in [0.15, 0.2) is 5.82 Å². The number of fused-ring (bicyclic) bond motifs is 9. The van der Waals surface area contributed by atoms with Crippen molar-refractivity contribution < 1.29 is 0 Å². The third-order valence-electron chi connectivity index (χ3n) is 16.1. The molecule has 5 nitrogen and oxygen atoms in total. The summed E-state index contributed by atoms with van der Waals surface area (Å²) in [5, 5.41) is 7.46. The second-order valence-corrected chi connectivity index (χ2v) is 21.4. The van der Waals surface area contributed by atoms with Crippen LogP contribution >= 0.6 is 0 Å². The first-order chi connectivity index (χ1) is 38.8. The lowest BCUT2D eigenvalue weighted by molar-refractivity contribution is 1.16. The minimum atomic E-state index is 0.723. The lowest BCUT2D eigenvalue weighted by Crippen LogP contribution is -1.96. The lowest BCUT2D eigenvalue weighted by Gasteiger charge is -2.12. The zero-order valence-electron chi connectivity index (χ0n) is 44.4. The molecular weight excluding hydrogens is 959 g/mol. The van der Waals surface area contributed by atoms with E-state index in [4.69, 9.17) is 9.97 Å². The van der Waals surface area contributed by atoms with E-state index < -0.39 is 0 Å². The van der Waals surface area contributed by atoms with Crippen LogP contribution in [0.2, 0.25) is 0 Å². The smallest absolute Gasteiger partial charge is 0.160 e. The highest BCUT2D eigenvalue weighted by Gasteiger charge is 2.20. The zero-order chi connectivity index (χ0) is 52.9. The van der Waals surface area contributed by atoms with Crippen molar-refractivity contribution in [2.45, 2.75) is 27.7 Å². The van der Waals surface area contributed by atoms with Crippen LogP contribution < -0.4 is 0 Å². The Kier molecular flexibility index (Phi) is 10.7. The number of aromatic nitrogens is 5. The van der Waals surface area contributed by atoms with Crippen molar-refractivity contribution in [2.75, 3.05) is 0 Å². The first kappa shape index (κ1) is 46.2. The van der Waals surface area contributed by atoms with E-state index in [1.165, 1.54) is 82.2 Å². The number of aryl methyl sites for hydroxylation is 4. The van der Waals surface area contributed by atoms with Crippen LogP contribution in [0, 0.1) is 27.7 Å². The maximum Gasteiger partial charge on any atom is 0.160 e. The van der Waals surface area contributed by atoms with Crippen LogP contribution in [0.15, 0.2) is 249 Å². The van der Waals surface area contributed by atoms with E-state index in [2.05, 4.69) is 290 Å². The topological polar surface area (TPSA) is 40.6 Å². The molecule has 4 heterocycles. The summed E-state index contributed by atoms with van der Waals surface area (Å²) >= 11 is 0. The van der Waals surface area contributed by atoms with Gasteiger partial charge in [0.05, 0.1) is 44.5 Å². The summed E-state index contributed by atoms with van der Waals surface area (Å²) in [6, 6.07) is 91.1. The summed E-state index contributed by atoms with van der Waals surface area (Å²) in [6.45, 7) is 8.59. The molecule has 15 aromatic rings. The first-order valence-corrected chi connectivity index (χ1v) is 27.2. The number of para-hydroxylation sites is 2. The van der Waals surface area contributed by atoms with Gasteiger partial charge >= 0.3 is 0 Å². The number of nitrogens with zero attached hydrogens (tertiary/aromatic N) is 5. The number of hydrogen-bond acceptors (Lipinski definition) is 2. The van der Waals surface area contributed by atoms with Crippen molar-refractivity contribution in [1.82, 2.24) is 23.7 Å². The maximum absolute atomic E-state index is 5.11. The molecule has 4 aromatic heterocycles. The molecule has 0 unspecified atom stereocenters. The molecule has 0 radical (unpaired) electrons. The van der Waals surface area contributed by atoms with Gasteiger partial charge in [-0.05, 0) is 153 Å². The van der Waals surface area contributed by atoms with Gasteiger partial charge in [-0.1, -0.05) is 168 Å². The first-order valence-electron chi connectivity index (χ1n) is 27.2.